The molecule has 148 valence electrons. The number of benzene rings is 2. The molecule has 1 fully saturated rings. The lowest BCUT2D eigenvalue weighted by Crippen LogP contribution is -2.46. The van der Waals surface area contributed by atoms with Gasteiger partial charge in [0.2, 0.25) is 5.91 Å². The number of hydrogen-bond donors (Lipinski definition) is 2. The van der Waals surface area contributed by atoms with Crippen molar-refractivity contribution in [3.63, 3.8) is 0 Å². The van der Waals surface area contributed by atoms with Crippen LogP contribution in [0.4, 0.5) is 18.9 Å². The summed E-state index contributed by atoms with van der Waals surface area (Å²) in [5.41, 5.74) is 1.25. The molecule has 1 heterocycles. The predicted molar refractivity (Wildman–Crippen MR) is 100 cm³/mol. The molecule has 0 bridgehead atoms. The van der Waals surface area contributed by atoms with Gasteiger partial charge in [-0.25, -0.2) is 0 Å². The van der Waals surface area contributed by atoms with Gasteiger partial charge >= 0.3 is 6.18 Å². The Bertz CT molecular complexity index is 1010. The number of halogens is 4. The van der Waals surface area contributed by atoms with Crippen LogP contribution in [-0.4, -0.2) is 24.2 Å². The van der Waals surface area contributed by atoms with E-state index in [-0.39, 0.29) is 17.0 Å². The Kier molecular flexibility index (Phi) is 5.78. The molecular weight excluding hydrogens is 405 g/mol. The van der Waals surface area contributed by atoms with Crippen LogP contribution in [0.15, 0.2) is 42.5 Å². The van der Waals surface area contributed by atoms with Crippen molar-refractivity contribution in [3.8, 4) is 12.1 Å². The van der Waals surface area contributed by atoms with Crippen LogP contribution in [-0.2, 0) is 4.79 Å². The zero-order chi connectivity index (χ0) is 21.2. The van der Waals surface area contributed by atoms with Crippen molar-refractivity contribution in [1.29, 1.82) is 10.5 Å². The van der Waals surface area contributed by atoms with Crippen molar-refractivity contribution in [3.05, 3.63) is 64.2 Å². The summed E-state index contributed by atoms with van der Waals surface area (Å²) in [5, 5.41) is 22.7. The molecule has 3 atom stereocenters. The first-order chi connectivity index (χ1) is 13.7. The average molecular weight is 419 g/mol. The summed E-state index contributed by atoms with van der Waals surface area (Å²) in [4.78, 5) is 12.5. The lowest BCUT2D eigenvalue weighted by Gasteiger charge is -2.22. The second kappa shape index (κ2) is 8.12. The fraction of sp³-hybridized carbons (Fsp3) is 0.250. The molecule has 2 aromatic carbocycles. The third-order valence-corrected chi connectivity index (χ3v) is 5.08. The highest BCUT2D eigenvalue weighted by atomic mass is 35.5. The first-order valence-corrected chi connectivity index (χ1v) is 8.94. The van der Waals surface area contributed by atoms with Crippen LogP contribution in [0.3, 0.4) is 0 Å². The smallest absolute Gasteiger partial charge is 0.325 e. The number of nitriles is 2. The SMILES string of the molecule is N#Cc1ccc(NC(=O)C2CC(c3ccc(C#N)c(Cl)c3)C(C(F)(F)F)N2)cc1. The Morgan fingerprint density at radius 3 is 2.38 bits per heavy atom. The predicted octanol–water partition coefficient (Wildman–Crippen LogP) is 4.10. The number of nitrogens with one attached hydrogen (secondary N) is 2. The van der Waals surface area contributed by atoms with Gasteiger partial charge in [-0.3, -0.25) is 10.1 Å². The zero-order valence-corrected chi connectivity index (χ0v) is 15.6. The molecular formula is C20H14ClF3N4O. The third-order valence-electron chi connectivity index (χ3n) is 4.77. The number of nitrogens with zero attached hydrogens (tertiary/aromatic N) is 2. The number of amides is 1. The van der Waals surface area contributed by atoms with E-state index in [1.807, 2.05) is 12.1 Å². The normalized spacial score (nSPS) is 21.2. The third kappa shape index (κ3) is 4.51. The Morgan fingerprint density at radius 1 is 1.14 bits per heavy atom. The second-order valence-corrected chi connectivity index (χ2v) is 7.02. The molecule has 1 aliphatic heterocycles. The monoisotopic (exact) mass is 418 g/mol. The van der Waals surface area contributed by atoms with E-state index in [0.29, 0.717) is 16.8 Å². The highest BCUT2D eigenvalue weighted by Crippen LogP contribution is 2.40. The van der Waals surface area contributed by atoms with E-state index >= 15 is 0 Å². The number of rotatable bonds is 3. The largest absolute Gasteiger partial charge is 0.404 e. The van der Waals surface area contributed by atoms with Crippen LogP contribution in [0.5, 0.6) is 0 Å². The van der Waals surface area contributed by atoms with E-state index in [9.17, 15) is 18.0 Å². The fourth-order valence-electron chi connectivity index (χ4n) is 3.33. The first-order valence-electron chi connectivity index (χ1n) is 8.56. The Hall–Kier alpha value is -3.07. The maximum atomic E-state index is 13.6. The maximum Gasteiger partial charge on any atom is 0.404 e. The summed E-state index contributed by atoms with van der Waals surface area (Å²) in [6.45, 7) is 0. The van der Waals surface area contributed by atoms with Crippen LogP contribution < -0.4 is 10.6 Å². The maximum absolute atomic E-state index is 13.6. The fourth-order valence-corrected chi connectivity index (χ4v) is 3.57. The van der Waals surface area contributed by atoms with Crippen molar-refractivity contribution in [2.75, 3.05) is 5.32 Å². The summed E-state index contributed by atoms with van der Waals surface area (Å²) in [5.74, 6) is -1.64. The Balaban J connectivity index is 1.81. The summed E-state index contributed by atoms with van der Waals surface area (Å²) in [6, 6.07) is 10.9. The van der Waals surface area contributed by atoms with E-state index in [0.717, 1.165) is 0 Å². The molecule has 1 amide bonds. The highest BCUT2D eigenvalue weighted by Gasteiger charge is 2.52. The molecule has 2 N–H and O–H groups in total. The first kappa shape index (κ1) is 20.7. The molecule has 29 heavy (non-hydrogen) atoms. The molecule has 9 heteroatoms. The molecule has 5 nitrogen and oxygen atoms in total. The van der Waals surface area contributed by atoms with E-state index < -0.39 is 30.1 Å². The van der Waals surface area contributed by atoms with Crippen LogP contribution in [0.25, 0.3) is 0 Å². The van der Waals surface area contributed by atoms with Crippen LogP contribution in [0.2, 0.25) is 5.02 Å². The Labute approximate surface area is 169 Å². The van der Waals surface area contributed by atoms with Crippen molar-refractivity contribution in [2.45, 2.75) is 30.6 Å². The van der Waals surface area contributed by atoms with E-state index in [1.54, 1.807) is 0 Å². The minimum absolute atomic E-state index is 0.0661. The van der Waals surface area contributed by atoms with E-state index in [1.165, 1.54) is 42.5 Å². The van der Waals surface area contributed by atoms with Crippen molar-refractivity contribution in [2.24, 2.45) is 0 Å². The second-order valence-electron chi connectivity index (χ2n) is 6.61. The quantitative estimate of drug-likeness (QED) is 0.785. The molecule has 3 unspecified atom stereocenters. The van der Waals surface area contributed by atoms with Gasteiger partial charge in [0.25, 0.3) is 0 Å². The van der Waals surface area contributed by atoms with Gasteiger partial charge in [0.05, 0.1) is 28.3 Å². The van der Waals surface area contributed by atoms with Crippen molar-refractivity contribution in [1.82, 2.24) is 5.32 Å². The molecule has 0 saturated carbocycles. The van der Waals surface area contributed by atoms with E-state index in [4.69, 9.17) is 22.1 Å². The van der Waals surface area contributed by atoms with Gasteiger partial charge < -0.3 is 5.32 Å². The van der Waals surface area contributed by atoms with Gasteiger partial charge in [-0.05, 0) is 48.4 Å². The van der Waals surface area contributed by atoms with Gasteiger partial charge in [0.1, 0.15) is 12.1 Å². The standard InChI is InChI=1S/C20H14ClF3N4O/c21-16-7-12(3-4-13(16)10-26)15-8-17(28-18(15)20(22,23)24)19(29)27-14-5-1-11(9-25)2-6-14/h1-7,15,17-18,28H,8H2,(H,27,29). The lowest BCUT2D eigenvalue weighted by atomic mass is 9.89. The molecule has 0 aliphatic carbocycles. The molecule has 0 radical (unpaired) electrons. The zero-order valence-electron chi connectivity index (χ0n) is 14.8. The molecule has 1 saturated heterocycles. The minimum atomic E-state index is -4.57. The van der Waals surface area contributed by atoms with Gasteiger partial charge in [0.15, 0.2) is 0 Å². The van der Waals surface area contributed by atoms with Crippen LogP contribution >= 0.6 is 11.6 Å². The molecule has 3 rings (SSSR count). The van der Waals surface area contributed by atoms with Crippen molar-refractivity contribution < 1.29 is 18.0 Å². The van der Waals surface area contributed by atoms with Gasteiger partial charge in [-0.15, -0.1) is 0 Å². The molecule has 1 aliphatic rings. The number of anilines is 1. The van der Waals surface area contributed by atoms with Gasteiger partial charge in [-0.2, -0.15) is 23.7 Å². The van der Waals surface area contributed by atoms with E-state index in [2.05, 4.69) is 10.6 Å². The minimum Gasteiger partial charge on any atom is -0.325 e. The topological polar surface area (TPSA) is 88.7 Å². The number of hydrogen-bond acceptors (Lipinski definition) is 4. The summed E-state index contributed by atoms with van der Waals surface area (Å²) < 4.78 is 40.7. The number of alkyl halides is 3. The Morgan fingerprint density at radius 2 is 1.83 bits per heavy atom. The number of carbonyl (C=O) groups is 1. The molecule has 0 aromatic heterocycles. The number of carbonyl (C=O) groups excluding carboxylic acids is 1. The molecule has 0 spiro atoms. The highest BCUT2D eigenvalue weighted by molar-refractivity contribution is 6.31. The van der Waals surface area contributed by atoms with Gasteiger partial charge in [-0.1, -0.05) is 17.7 Å². The van der Waals surface area contributed by atoms with Gasteiger partial charge in [0, 0.05) is 11.6 Å². The van der Waals surface area contributed by atoms with Crippen molar-refractivity contribution >= 4 is 23.2 Å². The average Bonchev–Trinajstić information content (AvgIpc) is 3.15. The summed E-state index contributed by atoms with van der Waals surface area (Å²) in [7, 11) is 0. The summed E-state index contributed by atoms with van der Waals surface area (Å²) >= 11 is 5.97. The lowest BCUT2D eigenvalue weighted by molar-refractivity contribution is -0.156. The summed E-state index contributed by atoms with van der Waals surface area (Å²) in [6.07, 6.45) is -4.66. The molecule has 2 aromatic rings. The van der Waals surface area contributed by atoms with Crippen LogP contribution in [0.1, 0.15) is 29.0 Å². The van der Waals surface area contributed by atoms with Crippen LogP contribution in [0, 0.1) is 22.7 Å².